The molecule has 1 aromatic rings. The topological polar surface area (TPSA) is 36.4 Å². The van der Waals surface area contributed by atoms with E-state index in [4.69, 9.17) is 0 Å². The molecule has 0 aromatic carbocycles. The van der Waals surface area contributed by atoms with E-state index >= 15 is 0 Å². The number of carbonyl (C=O) groups is 1. The molecule has 1 amide bonds. The van der Waals surface area contributed by atoms with Gasteiger partial charge in [0.2, 0.25) is 5.91 Å². The third-order valence-corrected chi connectivity index (χ3v) is 4.96. The highest BCUT2D eigenvalue weighted by Crippen LogP contribution is 2.23. The summed E-state index contributed by atoms with van der Waals surface area (Å²) in [6.45, 7) is 5.26. The monoisotopic (exact) mass is 301 g/mol. The van der Waals surface area contributed by atoms with Gasteiger partial charge in [0.25, 0.3) is 0 Å². The third-order valence-electron chi connectivity index (χ3n) is 4.96. The first kappa shape index (κ1) is 15.5. The zero-order valence-corrected chi connectivity index (χ0v) is 13.4. The molecule has 120 valence electrons. The van der Waals surface area contributed by atoms with Gasteiger partial charge in [-0.1, -0.05) is 6.07 Å². The number of likely N-dealkylation sites (tertiary alicyclic amines) is 2. The van der Waals surface area contributed by atoms with Crippen LogP contribution in [0.4, 0.5) is 0 Å². The van der Waals surface area contributed by atoms with Crippen molar-refractivity contribution in [3.8, 4) is 0 Å². The van der Waals surface area contributed by atoms with Gasteiger partial charge < -0.3 is 4.90 Å². The Labute approximate surface area is 133 Å². The van der Waals surface area contributed by atoms with Gasteiger partial charge in [-0.2, -0.15) is 0 Å². The lowest BCUT2D eigenvalue weighted by molar-refractivity contribution is -0.130. The highest BCUT2D eigenvalue weighted by Gasteiger charge is 2.23. The number of hydrogen-bond acceptors (Lipinski definition) is 3. The first-order chi connectivity index (χ1) is 10.8. The molecule has 2 saturated heterocycles. The lowest BCUT2D eigenvalue weighted by Gasteiger charge is -2.33. The standard InChI is InChI=1S/C18H27N3O/c22-18(21-11-1-2-12-21)8-7-16-6-4-10-20(14-16)15-17-5-3-9-19-13-17/h3,5,9,13,16H,1-2,4,6-8,10-12,14-15H2/t16-/m1/s1. The Hall–Kier alpha value is -1.42. The molecule has 0 spiro atoms. The van der Waals surface area contributed by atoms with Crippen molar-refractivity contribution in [1.82, 2.24) is 14.8 Å². The van der Waals surface area contributed by atoms with Gasteiger partial charge in [0.1, 0.15) is 0 Å². The Morgan fingerprint density at radius 2 is 2.09 bits per heavy atom. The van der Waals surface area contributed by atoms with Gasteiger partial charge in [-0.15, -0.1) is 0 Å². The summed E-state index contributed by atoms with van der Waals surface area (Å²) in [6.07, 6.45) is 10.5. The summed E-state index contributed by atoms with van der Waals surface area (Å²) < 4.78 is 0. The van der Waals surface area contributed by atoms with E-state index in [2.05, 4.69) is 20.9 Å². The first-order valence-corrected chi connectivity index (χ1v) is 8.70. The van der Waals surface area contributed by atoms with E-state index in [9.17, 15) is 4.79 Å². The predicted octanol–water partition coefficient (Wildman–Crippen LogP) is 2.70. The number of nitrogens with zero attached hydrogens (tertiary/aromatic N) is 3. The van der Waals surface area contributed by atoms with E-state index < -0.39 is 0 Å². The van der Waals surface area contributed by atoms with Crippen LogP contribution in [0.2, 0.25) is 0 Å². The Morgan fingerprint density at radius 1 is 1.23 bits per heavy atom. The van der Waals surface area contributed by atoms with E-state index in [-0.39, 0.29) is 0 Å². The minimum atomic E-state index is 0.377. The molecule has 4 heteroatoms. The van der Waals surface area contributed by atoms with Crippen molar-refractivity contribution >= 4 is 5.91 Å². The number of piperidine rings is 1. The molecule has 1 atom stereocenters. The first-order valence-electron chi connectivity index (χ1n) is 8.70. The summed E-state index contributed by atoms with van der Waals surface area (Å²) >= 11 is 0. The molecule has 0 saturated carbocycles. The molecule has 0 bridgehead atoms. The average molecular weight is 301 g/mol. The van der Waals surface area contributed by atoms with Gasteiger partial charge in [0, 0.05) is 45.0 Å². The maximum Gasteiger partial charge on any atom is 0.222 e. The van der Waals surface area contributed by atoms with Crippen LogP contribution in [-0.4, -0.2) is 46.9 Å². The van der Waals surface area contributed by atoms with Crippen LogP contribution in [0, 0.1) is 5.92 Å². The molecule has 2 aliphatic heterocycles. The Kier molecular flexibility index (Phi) is 5.43. The third kappa shape index (κ3) is 4.29. The summed E-state index contributed by atoms with van der Waals surface area (Å²) in [4.78, 5) is 20.9. The van der Waals surface area contributed by atoms with Crippen LogP contribution in [0.3, 0.4) is 0 Å². The van der Waals surface area contributed by atoms with Crippen LogP contribution < -0.4 is 0 Å². The molecule has 3 rings (SSSR count). The Morgan fingerprint density at radius 3 is 2.86 bits per heavy atom. The fourth-order valence-electron chi connectivity index (χ4n) is 3.73. The normalized spacial score (nSPS) is 22.9. The number of carbonyl (C=O) groups excluding carboxylic acids is 1. The van der Waals surface area contributed by atoms with Gasteiger partial charge >= 0.3 is 0 Å². The van der Waals surface area contributed by atoms with E-state index in [0.717, 1.165) is 39.0 Å². The molecule has 3 heterocycles. The fourth-order valence-corrected chi connectivity index (χ4v) is 3.73. The van der Waals surface area contributed by atoms with Crippen molar-refractivity contribution in [1.29, 1.82) is 0 Å². The molecule has 1 aromatic heterocycles. The van der Waals surface area contributed by atoms with Gasteiger partial charge in [-0.3, -0.25) is 14.7 Å². The lowest BCUT2D eigenvalue weighted by atomic mass is 9.93. The van der Waals surface area contributed by atoms with Crippen molar-refractivity contribution in [2.75, 3.05) is 26.2 Å². The maximum absolute atomic E-state index is 12.2. The lowest BCUT2D eigenvalue weighted by Crippen LogP contribution is -2.36. The van der Waals surface area contributed by atoms with Crippen LogP contribution in [0.5, 0.6) is 0 Å². The van der Waals surface area contributed by atoms with Crippen molar-refractivity contribution in [3.05, 3.63) is 30.1 Å². The molecule has 0 N–H and O–H groups in total. The molecule has 4 nitrogen and oxygen atoms in total. The number of hydrogen-bond donors (Lipinski definition) is 0. The number of amides is 1. The number of rotatable bonds is 5. The van der Waals surface area contributed by atoms with Gasteiger partial charge in [-0.05, 0) is 56.2 Å². The van der Waals surface area contributed by atoms with E-state index in [1.54, 1.807) is 0 Å². The zero-order chi connectivity index (χ0) is 15.2. The average Bonchev–Trinajstić information content (AvgIpc) is 3.08. The predicted molar refractivity (Wildman–Crippen MR) is 87.3 cm³/mol. The molecule has 2 fully saturated rings. The summed E-state index contributed by atoms with van der Waals surface area (Å²) in [5.74, 6) is 1.05. The highest BCUT2D eigenvalue weighted by atomic mass is 16.2. The highest BCUT2D eigenvalue weighted by molar-refractivity contribution is 5.76. The van der Waals surface area contributed by atoms with Crippen molar-refractivity contribution in [2.24, 2.45) is 5.92 Å². The minimum Gasteiger partial charge on any atom is -0.343 e. The largest absolute Gasteiger partial charge is 0.343 e. The van der Waals surface area contributed by atoms with Crippen LogP contribution >= 0.6 is 0 Å². The molecular formula is C18H27N3O. The Bertz CT molecular complexity index is 470. The summed E-state index contributed by atoms with van der Waals surface area (Å²) in [7, 11) is 0. The summed E-state index contributed by atoms with van der Waals surface area (Å²) in [6, 6.07) is 4.15. The molecule has 0 unspecified atom stereocenters. The molecule has 0 radical (unpaired) electrons. The van der Waals surface area contributed by atoms with Crippen molar-refractivity contribution in [2.45, 2.75) is 45.1 Å². The SMILES string of the molecule is O=C(CC[C@H]1CCCN(Cc2cccnc2)C1)N1CCCC1. The Balaban J connectivity index is 1.43. The van der Waals surface area contributed by atoms with Crippen LogP contribution in [0.15, 0.2) is 24.5 Å². The quantitative estimate of drug-likeness (QED) is 0.839. The van der Waals surface area contributed by atoms with Crippen LogP contribution in [0.25, 0.3) is 0 Å². The smallest absolute Gasteiger partial charge is 0.222 e. The molecular weight excluding hydrogens is 274 g/mol. The summed E-state index contributed by atoms with van der Waals surface area (Å²) in [5, 5.41) is 0. The minimum absolute atomic E-state index is 0.377. The second-order valence-electron chi connectivity index (χ2n) is 6.73. The number of aromatic nitrogens is 1. The van der Waals surface area contributed by atoms with E-state index in [1.165, 1.54) is 37.8 Å². The van der Waals surface area contributed by atoms with E-state index in [1.807, 2.05) is 18.5 Å². The van der Waals surface area contributed by atoms with Gasteiger partial charge in [0.15, 0.2) is 0 Å². The second-order valence-corrected chi connectivity index (χ2v) is 6.73. The van der Waals surface area contributed by atoms with E-state index in [0.29, 0.717) is 11.8 Å². The zero-order valence-electron chi connectivity index (χ0n) is 13.4. The molecule has 0 aliphatic carbocycles. The van der Waals surface area contributed by atoms with Crippen molar-refractivity contribution in [3.63, 3.8) is 0 Å². The molecule has 2 aliphatic rings. The van der Waals surface area contributed by atoms with Gasteiger partial charge in [-0.25, -0.2) is 0 Å². The van der Waals surface area contributed by atoms with Crippen LogP contribution in [-0.2, 0) is 11.3 Å². The maximum atomic E-state index is 12.2. The van der Waals surface area contributed by atoms with Gasteiger partial charge in [0.05, 0.1) is 0 Å². The molecule has 22 heavy (non-hydrogen) atoms. The fraction of sp³-hybridized carbons (Fsp3) is 0.667. The van der Waals surface area contributed by atoms with Crippen molar-refractivity contribution < 1.29 is 4.79 Å². The number of pyridine rings is 1. The summed E-state index contributed by atoms with van der Waals surface area (Å²) in [5.41, 5.74) is 1.29. The second kappa shape index (κ2) is 7.73. The van der Waals surface area contributed by atoms with Crippen LogP contribution in [0.1, 0.15) is 44.1 Å².